The van der Waals surface area contributed by atoms with Gasteiger partial charge in [0.2, 0.25) is 5.91 Å². The summed E-state index contributed by atoms with van der Waals surface area (Å²) in [6.07, 6.45) is 0.376. The molecule has 2 aromatic rings. The summed E-state index contributed by atoms with van der Waals surface area (Å²) in [5.41, 5.74) is 3.57. The fourth-order valence-electron chi connectivity index (χ4n) is 2.31. The van der Waals surface area contributed by atoms with Crippen molar-refractivity contribution in [1.29, 1.82) is 0 Å². The Bertz CT molecular complexity index is 748. The van der Waals surface area contributed by atoms with E-state index in [0.29, 0.717) is 21.5 Å². The van der Waals surface area contributed by atoms with Crippen molar-refractivity contribution >= 4 is 62.3 Å². The Balaban J connectivity index is 2.02. The molecule has 1 heterocycles. The van der Waals surface area contributed by atoms with Crippen molar-refractivity contribution in [3.05, 3.63) is 62.1 Å². The number of rotatable bonds is 2. The number of hydrogen-bond acceptors (Lipinski definition) is 1. The lowest BCUT2D eigenvalue weighted by Crippen LogP contribution is -2.03. The fraction of sp³-hybridized carbons (Fsp3) is 0.133. The molecule has 0 aromatic heterocycles. The zero-order chi connectivity index (χ0) is 15.1. The first kappa shape index (κ1) is 15.2. The number of carbonyl (C=O) groups is 1. The van der Waals surface area contributed by atoms with Gasteiger partial charge in [0.25, 0.3) is 0 Å². The van der Waals surface area contributed by atoms with Gasteiger partial charge in [-0.15, -0.1) is 0 Å². The summed E-state index contributed by atoms with van der Waals surface area (Å²) in [6.45, 7) is 0. The summed E-state index contributed by atoms with van der Waals surface area (Å²) in [5.74, 6) is -0.0149. The summed E-state index contributed by atoms with van der Waals surface area (Å²) in [7, 11) is 0. The van der Waals surface area contributed by atoms with Gasteiger partial charge in [0.05, 0.1) is 21.3 Å². The number of hydrogen-bond donors (Lipinski definition) is 1. The molecule has 1 atom stereocenters. The number of anilines is 1. The van der Waals surface area contributed by atoms with Crippen LogP contribution >= 0.6 is 50.7 Å². The van der Waals surface area contributed by atoms with Gasteiger partial charge >= 0.3 is 0 Å². The normalized spacial score (nSPS) is 14.8. The number of benzene rings is 2. The van der Waals surface area contributed by atoms with Crippen LogP contribution in [0.1, 0.15) is 21.5 Å². The van der Waals surface area contributed by atoms with Crippen LogP contribution in [0.3, 0.4) is 0 Å². The first-order valence-corrected chi connectivity index (χ1v) is 8.22. The van der Waals surface area contributed by atoms with Crippen LogP contribution in [-0.4, -0.2) is 5.91 Å². The molecule has 1 aliphatic rings. The van der Waals surface area contributed by atoms with Crippen molar-refractivity contribution in [2.75, 3.05) is 5.32 Å². The van der Waals surface area contributed by atoms with E-state index in [1.165, 1.54) is 0 Å². The second-order valence-corrected chi connectivity index (χ2v) is 6.93. The van der Waals surface area contributed by atoms with Crippen LogP contribution in [0.5, 0.6) is 0 Å². The van der Waals surface area contributed by atoms with Gasteiger partial charge in [-0.05, 0) is 34.9 Å². The average molecular weight is 406 g/mol. The second-order valence-electron chi connectivity index (χ2n) is 4.79. The predicted octanol–water partition coefficient (Wildman–Crippen LogP) is 5.63. The lowest BCUT2D eigenvalue weighted by Gasteiger charge is -2.15. The standard InChI is InChI=1S/C15H9BrCl3NO/c16-15(7-1-2-10(17)12(19)4-7)9-3-8-5-14(21)20-13(8)6-11(9)18/h1-4,6,15H,5H2,(H,20,21). The van der Waals surface area contributed by atoms with Gasteiger partial charge < -0.3 is 5.32 Å². The molecule has 1 amide bonds. The Morgan fingerprint density at radius 2 is 1.81 bits per heavy atom. The van der Waals surface area contributed by atoms with E-state index in [2.05, 4.69) is 21.2 Å². The van der Waals surface area contributed by atoms with E-state index < -0.39 is 0 Å². The smallest absolute Gasteiger partial charge is 0.228 e. The SMILES string of the molecule is O=C1Cc2cc(C(Br)c3ccc(Cl)c(Cl)c3)c(Cl)cc2N1. The summed E-state index contributed by atoms with van der Waals surface area (Å²) in [5, 5.41) is 4.37. The van der Waals surface area contributed by atoms with E-state index in [4.69, 9.17) is 34.8 Å². The number of halogens is 4. The molecule has 2 nitrogen and oxygen atoms in total. The third kappa shape index (κ3) is 2.93. The number of nitrogens with one attached hydrogen (secondary N) is 1. The topological polar surface area (TPSA) is 29.1 Å². The van der Waals surface area contributed by atoms with Crippen molar-refractivity contribution in [3.63, 3.8) is 0 Å². The minimum Gasteiger partial charge on any atom is -0.325 e. The van der Waals surface area contributed by atoms with Crippen LogP contribution in [0.15, 0.2) is 30.3 Å². The summed E-state index contributed by atoms with van der Waals surface area (Å²) >= 11 is 22.0. The van der Waals surface area contributed by atoms with Crippen LogP contribution in [0.25, 0.3) is 0 Å². The molecule has 0 aliphatic carbocycles. The molecule has 1 N–H and O–H groups in total. The molecule has 6 heteroatoms. The molecule has 0 spiro atoms. The van der Waals surface area contributed by atoms with E-state index in [0.717, 1.165) is 22.4 Å². The van der Waals surface area contributed by atoms with E-state index >= 15 is 0 Å². The molecule has 2 aromatic carbocycles. The third-order valence-corrected chi connectivity index (χ3v) is 5.45. The molecule has 0 bridgehead atoms. The minimum atomic E-state index is -0.124. The maximum absolute atomic E-state index is 11.4. The quantitative estimate of drug-likeness (QED) is 0.645. The third-order valence-electron chi connectivity index (χ3n) is 3.36. The predicted molar refractivity (Wildman–Crippen MR) is 91.0 cm³/mol. The lowest BCUT2D eigenvalue weighted by atomic mass is 10.0. The molecular weight excluding hydrogens is 396 g/mol. The lowest BCUT2D eigenvalue weighted by molar-refractivity contribution is -0.115. The molecule has 0 radical (unpaired) electrons. The summed E-state index contributed by atoms with van der Waals surface area (Å²) < 4.78 is 0. The highest BCUT2D eigenvalue weighted by Crippen LogP contribution is 2.40. The Morgan fingerprint density at radius 3 is 2.52 bits per heavy atom. The van der Waals surface area contributed by atoms with Gasteiger partial charge in [-0.25, -0.2) is 0 Å². The van der Waals surface area contributed by atoms with Gasteiger partial charge in [0, 0.05) is 10.7 Å². The average Bonchev–Trinajstić information content (AvgIpc) is 2.79. The molecule has 0 saturated heterocycles. The molecule has 1 unspecified atom stereocenters. The first-order chi connectivity index (χ1) is 9.95. The Kier molecular flexibility index (Phi) is 4.19. The van der Waals surface area contributed by atoms with Gasteiger partial charge in [-0.3, -0.25) is 4.79 Å². The highest BCUT2D eigenvalue weighted by atomic mass is 79.9. The van der Waals surface area contributed by atoms with E-state index in [-0.39, 0.29) is 10.7 Å². The molecule has 21 heavy (non-hydrogen) atoms. The number of alkyl halides is 1. The zero-order valence-electron chi connectivity index (χ0n) is 10.6. The van der Waals surface area contributed by atoms with Crippen LogP contribution in [0.2, 0.25) is 15.1 Å². The molecule has 1 aliphatic heterocycles. The maximum Gasteiger partial charge on any atom is 0.228 e. The second kappa shape index (κ2) is 5.81. The molecule has 0 fully saturated rings. The van der Waals surface area contributed by atoms with E-state index in [1.807, 2.05) is 12.1 Å². The maximum atomic E-state index is 11.4. The number of carbonyl (C=O) groups excluding carboxylic acids is 1. The highest BCUT2D eigenvalue weighted by molar-refractivity contribution is 9.09. The van der Waals surface area contributed by atoms with Gasteiger partial charge in [-0.1, -0.05) is 62.9 Å². The number of amides is 1. The highest BCUT2D eigenvalue weighted by Gasteiger charge is 2.22. The molecule has 0 saturated carbocycles. The van der Waals surface area contributed by atoms with Crippen molar-refractivity contribution in [2.45, 2.75) is 11.2 Å². The Morgan fingerprint density at radius 1 is 1.05 bits per heavy atom. The monoisotopic (exact) mass is 403 g/mol. The largest absolute Gasteiger partial charge is 0.325 e. The van der Waals surface area contributed by atoms with E-state index in [1.54, 1.807) is 18.2 Å². The van der Waals surface area contributed by atoms with Crippen LogP contribution < -0.4 is 5.32 Å². The van der Waals surface area contributed by atoms with Crippen molar-refractivity contribution < 1.29 is 4.79 Å². The van der Waals surface area contributed by atoms with E-state index in [9.17, 15) is 4.79 Å². The minimum absolute atomic E-state index is 0.0149. The van der Waals surface area contributed by atoms with Crippen molar-refractivity contribution in [1.82, 2.24) is 0 Å². The van der Waals surface area contributed by atoms with Crippen LogP contribution in [0, 0.1) is 0 Å². The van der Waals surface area contributed by atoms with Gasteiger partial charge in [0.15, 0.2) is 0 Å². The van der Waals surface area contributed by atoms with Crippen molar-refractivity contribution in [3.8, 4) is 0 Å². The number of fused-ring (bicyclic) bond motifs is 1. The molecule has 3 rings (SSSR count). The van der Waals surface area contributed by atoms with Gasteiger partial charge in [0.1, 0.15) is 0 Å². The molecule has 108 valence electrons. The van der Waals surface area contributed by atoms with Gasteiger partial charge in [-0.2, -0.15) is 0 Å². The van der Waals surface area contributed by atoms with Crippen LogP contribution in [0.4, 0.5) is 5.69 Å². The Hall–Kier alpha value is -0.740. The fourth-order valence-corrected chi connectivity index (χ4v) is 3.69. The summed E-state index contributed by atoms with van der Waals surface area (Å²) in [6, 6.07) is 9.16. The van der Waals surface area contributed by atoms with Crippen LogP contribution in [-0.2, 0) is 11.2 Å². The Labute approximate surface area is 145 Å². The van der Waals surface area contributed by atoms with Crippen molar-refractivity contribution in [2.24, 2.45) is 0 Å². The zero-order valence-corrected chi connectivity index (χ0v) is 14.4. The summed E-state index contributed by atoms with van der Waals surface area (Å²) in [4.78, 5) is 11.3. The molecular formula is C15H9BrCl3NO. The first-order valence-electron chi connectivity index (χ1n) is 6.17.